The number of benzene rings is 1. The van der Waals surface area contributed by atoms with E-state index in [1.54, 1.807) is 16.7 Å². The van der Waals surface area contributed by atoms with Crippen LogP contribution in [0.5, 0.6) is 0 Å². The van der Waals surface area contributed by atoms with Crippen molar-refractivity contribution in [2.75, 3.05) is 0 Å². The maximum absolute atomic E-state index is 2.41. The fraction of sp³-hybridized carbons (Fsp3) is 0.500. The molecule has 1 aromatic rings. The molecular weight excluding hydrogens is 192 g/mol. The lowest BCUT2D eigenvalue weighted by molar-refractivity contribution is 0.676. The largest absolute Gasteiger partial charge is 0.0691 e. The van der Waals surface area contributed by atoms with E-state index in [0.29, 0.717) is 0 Å². The van der Waals surface area contributed by atoms with Gasteiger partial charge in [0.05, 0.1) is 0 Å². The van der Waals surface area contributed by atoms with Crippen molar-refractivity contribution in [1.29, 1.82) is 0 Å². The summed E-state index contributed by atoms with van der Waals surface area (Å²) in [6, 6.07) is 6.98. The smallest absolute Gasteiger partial charge is 0.00940 e. The van der Waals surface area contributed by atoms with Crippen LogP contribution in [0, 0.1) is 18.8 Å². The molecule has 16 heavy (non-hydrogen) atoms. The second-order valence-corrected chi connectivity index (χ2v) is 6.16. The van der Waals surface area contributed by atoms with Gasteiger partial charge in [-0.3, -0.25) is 0 Å². The minimum Gasteiger partial charge on any atom is -0.0691 e. The number of aryl methyl sites for hydroxylation is 1. The first kappa shape index (κ1) is 8.11. The highest BCUT2D eigenvalue weighted by Gasteiger charge is 2.63. The van der Waals surface area contributed by atoms with Gasteiger partial charge in [-0.05, 0) is 54.7 Å². The average Bonchev–Trinajstić information content (AvgIpc) is 3.19. The Morgan fingerprint density at radius 2 is 1.88 bits per heavy atom. The molecule has 3 fully saturated rings. The molecule has 1 aromatic carbocycles. The summed E-state index contributed by atoms with van der Waals surface area (Å²) in [6.07, 6.45) is 4.34. The van der Waals surface area contributed by atoms with Crippen LogP contribution in [0.15, 0.2) is 29.3 Å². The van der Waals surface area contributed by atoms with Crippen LogP contribution in [0.2, 0.25) is 0 Å². The van der Waals surface area contributed by atoms with Crippen LogP contribution in [0.1, 0.15) is 47.8 Å². The predicted molar refractivity (Wildman–Crippen MR) is 64.5 cm³/mol. The molecule has 0 amide bonds. The lowest BCUT2D eigenvalue weighted by Crippen LogP contribution is -2.02. The summed E-state index contributed by atoms with van der Waals surface area (Å²) in [7, 11) is 0. The topological polar surface area (TPSA) is 0 Å². The Labute approximate surface area is 96.4 Å². The van der Waals surface area contributed by atoms with Crippen LogP contribution in [0.3, 0.4) is 0 Å². The normalized spacial score (nSPS) is 41.1. The molecule has 4 atom stereocenters. The lowest BCUT2D eigenvalue weighted by Gasteiger charge is -2.15. The zero-order valence-corrected chi connectivity index (χ0v) is 9.66. The average molecular weight is 208 g/mol. The highest BCUT2D eigenvalue weighted by Crippen LogP contribution is 2.75. The number of rotatable bonds is 0. The monoisotopic (exact) mass is 208 g/mol. The maximum atomic E-state index is 2.41. The number of allylic oxidation sites excluding steroid dienone is 2. The Bertz CT molecular complexity index is 543. The Balaban J connectivity index is 1.85. The zero-order chi connectivity index (χ0) is 10.4. The number of fused-ring (bicyclic) bond motifs is 8. The summed E-state index contributed by atoms with van der Waals surface area (Å²) >= 11 is 0. The van der Waals surface area contributed by atoms with Crippen LogP contribution < -0.4 is 0 Å². The summed E-state index contributed by atoms with van der Waals surface area (Å²) in [5.41, 5.74) is 8.72. The highest BCUT2D eigenvalue weighted by atomic mass is 14.7. The summed E-state index contributed by atoms with van der Waals surface area (Å²) in [6.45, 7) is 2.31. The molecule has 0 radical (unpaired) electrons. The van der Waals surface area contributed by atoms with E-state index in [1.165, 1.54) is 19.3 Å². The van der Waals surface area contributed by atoms with Crippen LogP contribution in [0.4, 0.5) is 0 Å². The van der Waals surface area contributed by atoms with Gasteiger partial charge in [-0.25, -0.2) is 0 Å². The van der Waals surface area contributed by atoms with Gasteiger partial charge in [-0.1, -0.05) is 29.3 Å². The third kappa shape index (κ3) is 0.743. The molecule has 0 heterocycles. The summed E-state index contributed by atoms with van der Waals surface area (Å²) in [4.78, 5) is 0. The minimum absolute atomic E-state index is 0.863. The van der Waals surface area contributed by atoms with E-state index in [4.69, 9.17) is 0 Å². The van der Waals surface area contributed by atoms with E-state index >= 15 is 0 Å². The van der Waals surface area contributed by atoms with Crippen molar-refractivity contribution in [2.24, 2.45) is 11.8 Å². The summed E-state index contributed by atoms with van der Waals surface area (Å²) in [5, 5.41) is 0. The van der Waals surface area contributed by atoms with Gasteiger partial charge >= 0.3 is 0 Å². The second-order valence-electron chi connectivity index (χ2n) is 6.16. The molecule has 0 spiro atoms. The van der Waals surface area contributed by atoms with Crippen molar-refractivity contribution in [3.05, 3.63) is 46.0 Å². The van der Waals surface area contributed by atoms with E-state index in [-0.39, 0.29) is 0 Å². The molecule has 0 aliphatic heterocycles. The fourth-order valence-corrected chi connectivity index (χ4v) is 4.62. The van der Waals surface area contributed by atoms with Crippen molar-refractivity contribution in [1.82, 2.24) is 0 Å². The van der Waals surface area contributed by atoms with Crippen LogP contribution >= 0.6 is 0 Å². The molecule has 4 aliphatic carbocycles. The van der Waals surface area contributed by atoms with Crippen molar-refractivity contribution in [3.63, 3.8) is 0 Å². The quantitative estimate of drug-likeness (QED) is 0.567. The molecule has 4 aliphatic rings. The van der Waals surface area contributed by atoms with Crippen LogP contribution in [-0.4, -0.2) is 0 Å². The molecule has 0 saturated heterocycles. The molecule has 80 valence electrons. The SMILES string of the molecule is Cc1cccc2c1C1C(=C3CC3)C2C2CC12. The molecule has 2 bridgehead atoms. The van der Waals surface area contributed by atoms with Crippen molar-refractivity contribution in [2.45, 2.75) is 38.0 Å². The molecule has 5 rings (SSSR count). The summed E-state index contributed by atoms with van der Waals surface area (Å²) < 4.78 is 0. The first-order valence-corrected chi connectivity index (χ1v) is 6.67. The maximum Gasteiger partial charge on any atom is 0.00940 e. The Kier molecular flexibility index (Phi) is 1.16. The van der Waals surface area contributed by atoms with Gasteiger partial charge in [0, 0.05) is 11.8 Å². The second kappa shape index (κ2) is 2.30. The summed E-state index contributed by atoms with van der Waals surface area (Å²) in [5.74, 6) is 3.81. The zero-order valence-electron chi connectivity index (χ0n) is 9.66. The Morgan fingerprint density at radius 3 is 2.69 bits per heavy atom. The molecule has 0 heteroatoms. The van der Waals surface area contributed by atoms with Gasteiger partial charge in [0.15, 0.2) is 0 Å². The van der Waals surface area contributed by atoms with E-state index in [9.17, 15) is 0 Å². The van der Waals surface area contributed by atoms with E-state index in [0.717, 1.165) is 23.7 Å². The number of hydrogen-bond acceptors (Lipinski definition) is 0. The van der Waals surface area contributed by atoms with E-state index in [1.807, 2.05) is 11.1 Å². The fourth-order valence-electron chi connectivity index (χ4n) is 4.62. The standard InChI is InChI=1S/C16H16/c1-8-3-2-4-10-13(8)16-12-7-11(12)15(10)14(16)9-5-6-9/h2-4,11-12,15-16H,5-7H2,1H3. The lowest BCUT2D eigenvalue weighted by atomic mass is 9.89. The first-order valence-electron chi connectivity index (χ1n) is 6.67. The van der Waals surface area contributed by atoms with Crippen LogP contribution in [0.25, 0.3) is 0 Å². The van der Waals surface area contributed by atoms with Gasteiger partial charge < -0.3 is 0 Å². The van der Waals surface area contributed by atoms with Gasteiger partial charge in [-0.15, -0.1) is 0 Å². The van der Waals surface area contributed by atoms with Gasteiger partial charge in [-0.2, -0.15) is 0 Å². The van der Waals surface area contributed by atoms with Gasteiger partial charge in [0.25, 0.3) is 0 Å². The van der Waals surface area contributed by atoms with E-state index in [2.05, 4.69) is 25.1 Å². The van der Waals surface area contributed by atoms with E-state index < -0.39 is 0 Å². The van der Waals surface area contributed by atoms with Crippen molar-refractivity contribution >= 4 is 0 Å². The molecule has 3 saturated carbocycles. The molecule has 0 nitrogen and oxygen atoms in total. The predicted octanol–water partition coefficient (Wildman–Crippen LogP) is 3.92. The van der Waals surface area contributed by atoms with Crippen molar-refractivity contribution < 1.29 is 0 Å². The van der Waals surface area contributed by atoms with Crippen molar-refractivity contribution in [3.8, 4) is 0 Å². The molecular formula is C16H16. The van der Waals surface area contributed by atoms with Gasteiger partial charge in [0.1, 0.15) is 0 Å². The molecule has 0 N–H and O–H groups in total. The third-order valence-electron chi connectivity index (χ3n) is 5.33. The first-order chi connectivity index (χ1) is 7.86. The molecule has 0 aromatic heterocycles. The third-order valence-corrected chi connectivity index (χ3v) is 5.33. The highest BCUT2D eigenvalue weighted by molar-refractivity contribution is 5.62. The minimum atomic E-state index is 0.863. The molecule has 4 unspecified atom stereocenters. The van der Waals surface area contributed by atoms with Gasteiger partial charge in [0.2, 0.25) is 0 Å². The Hall–Kier alpha value is -1.04. The Morgan fingerprint density at radius 1 is 1.06 bits per heavy atom. The number of hydrogen-bond donors (Lipinski definition) is 0. The van der Waals surface area contributed by atoms with Crippen LogP contribution in [-0.2, 0) is 0 Å².